The Hall–Kier alpha value is -3.53. The number of hydrogen-bond acceptors (Lipinski definition) is 6. The van der Waals surface area contributed by atoms with Crippen molar-refractivity contribution in [2.24, 2.45) is 0 Å². The van der Waals surface area contributed by atoms with Crippen LogP contribution in [0.15, 0.2) is 59.8 Å². The quantitative estimate of drug-likeness (QED) is 0.620. The van der Waals surface area contributed by atoms with E-state index in [0.29, 0.717) is 22.5 Å². The van der Waals surface area contributed by atoms with Crippen LogP contribution in [0.3, 0.4) is 0 Å². The maximum Gasteiger partial charge on any atom is 0.328 e. The highest BCUT2D eigenvalue weighted by Gasteiger charge is 2.16. The predicted molar refractivity (Wildman–Crippen MR) is 97.8 cm³/mol. The third-order valence-electron chi connectivity index (χ3n) is 3.75. The number of carbonyl (C=O) groups is 1. The number of rotatable bonds is 6. The first-order valence-electron chi connectivity index (χ1n) is 7.74. The van der Waals surface area contributed by atoms with Crippen molar-refractivity contribution in [3.05, 3.63) is 66.0 Å². The van der Waals surface area contributed by atoms with Gasteiger partial charge in [-0.05, 0) is 58.8 Å². The van der Waals surface area contributed by atoms with Gasteiger partial charge in [0.1, 0.15) is 6.33 Å². The fourth-order valence-corrected chi connectivity index (χ4v) is 3.51. The molecule has 0 saturated heterocycles. The number of sulfonamides is 1. The van der Waals surface area contributed by atoms with E-state index < -0.39 is 16.0 Å². The van der Waals surface area contributed by atoms with E-state index in [2.05, 4.69) is 20.2 Å². The number of nitrogens with zero attached hydrogens (tertiary/aromatic N) is 4. The van der Waals surface area contributed by atoms with Crippen molar-refractivity contribution < 1.29 is 18.3 Å². The normalized spacial score (nSPS) is 11.6. The van der Waals surface area contributed by atoms with Crippen LogP contribution in [0.5, 0.6) is 0 Å². The zero-order valence-electron chi connectivity index (χ0n) is 14.1. The monoisotopic (exact) mass is 385 g/mol. The summed E-state index contributed by atoms with van der Waals surface area (Å²) in [6.45, 7) is 1.76. The van der Waals surface area contributed by atoms with Crippen LogP contribution in [0, 0.1) is 6.92 Å². The molecule has 9 nitrogen and oxygen atoms in total. The van der Waals surface area contributed by atoms with Crippen LogP contribution >= 0.6 is 0 Å². The molecule has 0 spiro atoms. The average molecular weight is 385 g/mol. The molecule has 0 aliphatic carbocycles. The van der Waals surface area contributed by atoms with Crippen molar-refractivity contribution in [3.63, 3.8) is 0 Å². The van der Waals surface area contributed by atoms with Crippen molar-refractivity contribution in [3.8, 4) is 5.69 Å². The van der Waals surface area contributed by atoms with E-state index in [4.69, 9.17) is 5.11 Å². The number of benzene rings is 2. The van der Waals surface area contributed by atoms with E-state index in [-0.39, 0.29) is 4.90 Å². The lowest BCUT2D eigenvalue weighted by atomic mass is 10.1. The van der Waals surface area contributed by atoms with E-state index in [1.165, 1.54) is 41.4 Å². The Morgan fingerprint density at radius 2 is 1.93 bits per heavy atom. The number of aliphatic carboxylic acids is 1. The maximum absolute atomic E-state index is 12.7. The largest absolute Gasteiger partial charge is 0.478 e. The van der Waals surface area contributed by atoms with Crippen LogP contribution in [0.1, 0.15) is 11.1 Å². The van der Waals surface area contributed by atoms with Crippen LogP contribution < -0.4 is 4.72 Å². The minimum absolute atomic E-state index is 0.0576. The molecule has 0 unspecified atom stereocenters. The summed E-state index contributed by atoms with van der Waals surface area (Å²) < 4.78 is 29.3. The Morgan fingerprint density at radius 3 is 2.56 bits per heavy atom. The minimum atomic E-state index is -3.82. The number of carboxylic acid groups (broad SMARTS) is 1. The Balaban J connectivity index is 1.87. The Bertz CT molecular complexity index is 1090. The molecule has 0 atom stereocenters. The van der Waals surface area contributed by atoms with Gasteiger partial charge in [0, 0.05) is 6.08 Å². The molecule has 1 heterocycles. The molecular weight excluding hydrogens is 370 g/mol. The second kappa shape index (κ2) is 7.38. The Kier molecular flexibility index (Phi) is 4.99. The highest BCUT2D eigenvalue weighted by molar-refractivity contribution is 7.92. The standard InChI is InChI=1S/C17H15N5O4S/c1-12-15(3-2-4-16(12)22-11-18-20-21-22)19-27(25,26)14-8-5-13(6-9-14)7-10-17(23)24/h2-11,19H,1H3,(H,23,24)/b10-7+. The number of tetrazole rings is 1. The van der Waals surface area contributed by atoms with Gasteiger partial charge in [-0.15, -0.1) is 5.10 Å². The zero-order chi connectivity index (χ0) is 19.4. The fraction of sp³-hybridized carbons (Fsp3) is 0.0588. The topological polar surface area (TPSA) is 127 Å². The van der Waals surface area contributed by atoms with E-state index in [0.717, 1.165) is 6.08 Å². The van der Waals surface area contributed by atoms with Crippen LogP contribution in [0.25, 0.3) is 11.8 Å². The van der Waals surface area contributed by atoms with Gasteiger partial charge in [-0.25, -0.2) is 17.9 Å². The minimum Gasteiger partial charge on any atom is -0.478 e. The third-order valence-corrected chi connectivity index (χ3v) is 5.14. The van der Waals surface area contributed by atoms with Crippen LogP contribution in [0.2, 0.25) is 0 Å². The molecule has 0 fully saturated rings. The molecule has 3 aromatic rings. The van der Waals surface area contributed by atoms with Crippen molar-refractivity contribution in [1.82, 2.24) is 20.2 Å². The van der Waals surface area contributed by atoms with E-state index in [9.17, 15) is 13.2 Å². The van der Waals surface area contributed by atoms with Crippen molar-refractivity contribution in [2.45, 2.75) is 11.8 Å². The second-order valence-electron chi connectivity index (χ2n) is 5.55. The van der Waals surface area contributed by atoms with Gasteiger partial charge < -0.3 is 5.11 Å². The van der Waals surface area contributed by atoms with Gasteiger partial charge in [0.2, 0.25) is 0 Å². The van der Waals surface area contributed by atoms with Crippen molar-refractivity contribution in [1.29, 1.82) is 0 Å². The molecule has 0 aliphatic rings. The van der Waals surface area contributed by atoms with Crippen LogP contribution in [0.4, 0.5) is 5.69 Å². The number of aromatic nitrogens is 4. The summed E-state index contributed by atoms with van der Waals surface area (Å²) in [5.74, 6) is -1.08. The molecule has 0 saturated carbocycles. The summed E-state index contributed by atoms with van der Waals surface area (Å²) in [5.41, 5.74) is 2.29. The van der Waals surface area contributed by atoms with Crippen LogP contribution in [-0.4, -0.2) is 39.7 Å². The molecule has 0 amide bonds. The second-order valence-corrected chi connectivity index (χ2v) is 7.23. The molecule has 3 rings (SSSR count). The van der Waals surface area contributed by atoms with Gasteiger partial charge >= 0.3 is 5.97 Å². The number of hydrogen-bond donors (Lipinski definition) is 2. The molecule has 0 aliphatic heterocycles. The molecule has 138 valence electrons. The molecule has 2 N–H and O–H groups in total. The summed E-state index contributed by atoms with van der Waals surface area (Å²) in [6, 6.07) is 11.0. The van der Waals surface area contributed by atoms with Gasteiger partial charge in [0.25, 0.3) is 10.0 Å². The van der Waals surface area contributed by atoms with E-state index >= 15 is 0 Å². The smallest absolute Gasteiger partial charge is 0.328 e. The average Bonchev–Trinajstić information content (AvgIpc) is 3.16. The van der Waals surface area contributed by atoms with Crippen LogP contribution in [-0.2, 0) is 14.8 Å². The first-order valence-corrected chi connectivity index (χ1v) is 9.22. The Morgan fingerprint density at radius 1 is 1.19 bits per heavy atom. The highest BCUT2D eigenvalue weighted by atomic mass is 32.2. The number of nitrogens with one attached hydrogen (secondary N) is 1. The lowest BCUT2D eigenvalue weighted by molar-refractivity contribution is -0.131. The van der Waals surface area contributed by atoms with E-state index in [1.807, 2.05) is 0 Å². The van der Waals surface area contributed by atoms with Gasteiger partial charge in [-0.2, -0.15) is 0 Å². The maximum atomic E-state index is 12.7. The first kappa shape index (κ1) is 18.3. The highest BCUT2D eigenvalue weighted by Crippen LogP contribution is 2.24. The lowest BCUT2D eigenvalue weighted by Crippen LogP contribution is -2.14. The van der Waals surface area contributed by atoms with E-state index in [1.54, 1.807) is 25.1 Å². The summed E-state index contributed by atoms with van der Waals surface area (Å²) >= 11 is 0. The summed E-state index contributed by atoms with van der Waals surface area (Å²) in [5, 5.41) is 19.6. The summed E-state index contributed by atoms with van der Waals surface area (Å²) in [6.07, 6.45) is 3.78. The molecule has 0 radical (unpaired) electrons. The van der Waals surface area contributed by atoms with Crippen molar-refractivity contribution >= 4 is 27.8 Å². The summed E-state index contributed by atoms with van der Waals surface area (Å²) in [4.78, 5) is 10.6. The molecule has 1 aromatic heterocycles. The third kappa shape index (κ3) is 4.18. The van der Waals surface area contributed by atoms with Gasteiger partial charge in [-0.3, -0.25) is 4.72 Å². The first-order chi connectivity index (χ1) is 12.9. The molecule has 2 aromatic carbocycles. The van der Waals surface area contributed by atoms with Gasteiger partial charge in [-0.1, -0.05) is 18.2 Å². The lowest BCUT2D eigenvalue weighted by Gasteiger charge is -2.13. The fourth-order valence-electron chi connectivity index (χ4n) is 2.38. The molecule has 0 bridgehead atoms. The molecule has 10 heteroatoms. The predicted octanol–water partition coefficient (Wildman–Crippen LogP) is 1.87. The van der Waals surface area contributed by atoms with Gasteiger partial charge in [0.15, 0.2) is 0 Å². The SMILES string of the molecule is Cc1c(NS(=O)(=O)c2ccc(/C=C/C(=O)O)cc2)cccc1-n1cnnn1. The molecular formula is C17H15N5O4S. The summed E-state index contributed by atoms with van der Waals surface area (Å²) in [7, 11) is -3.82. The number of carboxylic acids is 1. The zero-order valence-corrected chi connectivity index (χ0v) is 15.0. The van der Waals surface area contributed by atoms with Gasteiger partial charge in [0.05, 0.1) is 16.3 Å². The van der Waals surface area contributed by atoms with Crippen molar-refractivity contribution in [2.75, 3.05) is 4.72 Å². The number of anilines is 1. The Labute approximate surface area is 155 Å². The molecule has 27 heavy (non-hydrogen) atoms.